The van der Waals surface area contributed by atoms with E-state index < -0.39 is 6.04 Å². The molecule has 0 spiro atoms. The van der Waals surface area contributed by atoms with E-state index in [1.165, 1.54) is 5.56 Å². The highest BCUT2D eigenvalue weighted by atomic mass is 79.9. The third kappa shape index (κ3) is 7.26. The molecule has 0 fully saturated rings. The Morgan fingerprint density at radius 2 is 1.78 bits per heavy atom. The SMILES string of the molecule is CCCNC(=O)[C@@H](C)N(Cc1ccc(OC)cc1)C(=O)COc1ccc(C(C)C)cc1Br. The van der Waals surface area contributed by atoms with E-state index in [4.69, 9.17) is 9.47 Å². The maximum absolute atomic E-state index is 13.1. The second-order valence-corrected chi connectivity index (χ2v) is 8.82. The second-order valence-electron chi connectivity index (χ2n) is 7.97. The number of nitrogens with zero attached hydrogens (tertiary/aromatic N) is 1. The molecule has 0 unspecified atom stereocenters. The lowest BCUT2D eigenvalue weighted by Crippen LogP contribution is -2.49. The van der Waals surface area contributed by atoms with Crippen LogP contribution in [0.25, 0.3) is 0 Å². The summed E-state index contributed by atoms with van der Waals surface area (Å²) in [6.07, 6.45) is 0.828. The van der Waals surface area contributed by atoms with Gasteiger partial charge >= 0.3 is 0 Å². The molecule has 1 atom stereocenters. The van der Waals surface area contributed by atoms with Crippen molar-refractivity contribution in [3.63, 3.8) is 0 Å². The standard InChI is InChI=1S/C25H33BrN2O4/c1-6-13-27-25(30)18(4)28(15-19-7-10-21(31-5)11-8-19)24(29)16-32-23-12-9-20(17(2)3)14-22(23)26/h7-12,14,17-18H,6,13,15-16H2,1-5H3,(H,27,30)/t18-/m1/s1. The molecule has 0 heterocycles. The average Bonchev–Trinajstić information content (AvgIpc) is 2.79. The Bertz CT molecular complexity index is 899. The van der Waals surface area contributed by atoms with Gasteiger partial charge in [-0.1, -0.05) is 39.0 Å². The smallest absolute Gasteiger partial charge is 0.261 e. The third-order valence-electron chi connectivity index (χ3n) is 5.20. The minimum Gasteiger partial charge on any atom is -0.497 e. The summed E-state index contributed by atoms with van der Waals surface area (Å²) >= 11 is 3.52. The van der Waals surface area contributed by atoms with E-state index in [2.05, 4.69) is 35.1 Å². The molecule has 6 nitrogen and oxygen atoms in total. The summed E-state index contributed by atoms with van der Waals surface area (Å²) in [5, 5.41) is 2.87. The molecule has 0 bridgehead atoms. The number of amides is 2. The number of carbonyl (C=O) groups is 2. The van der Waals surface area contributed by atoms with Crippen LogP contribution in [0.2, 0.25) is 0 Å². The molecule has 2 aromatic carbocycles. The lowest BCUT2D eigenvalue weighted by Gasteiger charge is -2.29. The molecule has 2 amide bonds. The highest BCUT2D eigenvalue weighted by Gasteiger charge is 2.26. The fourth-order valence-corrected chi connectivity index (χ4v) is 3.63. The van der Waals surface area contributed by atoms with E-state index in [0.717, 1.165) is 22.2 Å². The lowest BCUT2D eigenvalue weighted by atomic mass is 10.0. The topological polar surface area (TPSA) is 67.9 Å². The molecule has 174 valence electrons. The van der Waals surface area contributed by atoms with Gasteiger partial charge in [-0.2, -0.15) is 0 Å². The van der Waals surface area contributed by atoms with Crippen LogP contribution >= 0.6 is 15.9 Å². The molecular formula is C25H33BrN2O4. The monoisotopic (exact) mass is 504 g/mol. The second kappa shape index (κ2) is 12.5. The van der Waals surface area contributed by atoms with Crippen molar-refractivity contribution in [2.45, 2.75) is 52.6 Å². The van der Waals surface area contributed by atoms with Crippen LogP contribution in [0.4, 0.5) is 0 Å². The molecule has 2 rings (SSSR count). The molecule has 0 aliphatic rings. The highest BCUT2D eigenvalue weighted by molar-refractivity contribution is 9.10. The molecule has 1 N–H and O–H groups in total. The van der Waals surface area contributed by atoms with Gasteiger partial charge in [-0.25, -0.2) is 0 Å². The Balaban J connectivity index is 2.15. The number of ether oxygens (including phenoxy) is 2. The molecule has 0 aliphatic carbocycles. The number of hydrogen-bond acceptors (Lipinski definition) is 4. The van der Waals surface area contributed by atoms with Crippen molar-refractivity contribution in [2.24, 2.45) is 0 Å². The van der Waals surface area contributed by atoms with Crippen LogP contribution in [-0.4, -0.2) is 43.0 Å². The first-order valence-electron chi connectivity index (χ1n) is 10.9. The fourth-order valence-electron chi connectivity index (χ4n) is 3.12. The van der Waals surface area contributed by atoms with E-state index >= 15 is 0 Å². The predicted octanol–water partition coefficient (Wildman–Crippen LogP) is 4.90. The average molecular weight is 505 g/mol. The summed E-state index contributed by atoms with van der Waals surface area (Å²) < 4.78 is 11.8. The molecule has 0 aliphatic heterocycles. The number of hydrogen-bond donors (Lipinski definition) is 1. The molecule has 0 aromatic heterocycles. The minimum atomic E-state index is -0.633. The van der Waals surface area contributed by atoms with E-state index in [9.17, 15) is 9.59 Å². The predicted molar refractivity (Wildman–Crippen MR) is 130 cm³/mol. The zero-order valence-electron chi connectivity index (χ0n) is 19.5. The number of benzene rings is 2. The van der Waals surface area contributed by atoms with Crippen molar-refractivity contribution in [2.75, 3.05) is 20.3 Å². The van der Waals surface area contributed by atoms with Crippen molar-refractivity contribution in [1.29, 1.82) is 0 Å². The van der Waals surface area contributed by atoms with E-state index in [1.807, 2.05) is 49.4 Å². The van der Waals surface area contributed by atoms with Gasteiger partial charge in [0.15, 0.2) is 6.61 Å². The zero-order chi connectivity index (χ0) is 23.7. The fraction of sp³-hybridized carbons (Fsp3) is 0.440. The first-order chi connectivity index (χ1) is 15.3. The Hall–Kier alpha value is -2.54. The summed E-state index contributed by atoms with van der Waals surface area (Å²) in [6.45, 7) is 8.66. The number of carbonyl (C=O) groups excluding carboxylic acids is 2. The van der Waals surface area contributed by atoms with Crippen molar-refractivity contribution in [3.8, 4) is 11.5 Å². The Morgan fingerprint density at radius 1 is 1.09 bits per heavy atom. The molecule has 0 radical (unpaired) electrons. The van der Waals surface area contributed by atoms with Crippen LogP contribution in [0.1, 0.15) is 51.2 Å². The first-order valence-corrected chi connectivity index (χ1v) is 11.7. The molecular weight excluding hydrogens is 472 g/mol. The van der Waals surface area contributed by atoms with Crippen molar-refractivity contribution in [1.82, 2.24) is 10.2 Å². The number of rotatable bonds is 11. The van der Waals surface area contributed by atoms with Gasteiger partial charge < -0.3 is 19.7 Å². The Morgan fingerprint density at radius 3 is 2.34 bits per heavy atom. The maximum Gasteiger partial charge on any atom is 0.261 e. The molecule has 0 saturated carbocycles. The van der Waals surface area contributed by atoms with Crippen LogP contribution in [0.15, 0.2) is 46.9 Å². The minimum absolute atomic E-state index is 0.165. The van der Waals surface area contributed by atoms with Crippen molar-refractivity contribution < 1.29 is 19.1 Å². The van der Waals surface area contributed by atoms with E-state index in [-0.39, 0.29) is 18.4 Å². The summed E-state index contributed by atoms with van der Waals surface area (Å²) in [7, 11) is 1.61. The van der Waals surface area contributed by atoms with Crippen molar-refractivity contribution >= 4 is 27.7 Å². The lowest BCUT2D eigenvalue weighted by molar-refractivity contribution is -0.142. The normalized spacial score (nSPS) is 11.7. The van der Waals surface area contributed by atoms with Gasteiger partial charge in [-0.3, -0.25) is 9.59 Å². The molecule has 7 heteroatoms. The molecule has 0 saturated heterocycles. The van der Waals surface area contributed by atoms with Gasteiger partial charge in [0.2, 0.25) is 5.91 Å². The van der Waals surface area contributed by atoms with Crippen LogP contribution in [0.3, 0.4) is 0 Å². The number of halogens is 1. The van der Waals surface area contributed by atoms with Crippen LogP contribution < -0.4 is 14.8 Å². The number of nitrogens with one attached hydrogen (secondary N) is 1. The Labute approximate surface area is 199 Å². The first kappa shape index (κ1) is 25.7. The summed E-state index contributed by atoms with van der Waals surface area (Å²) in [4.78, 5) is 27.3. The summed E-state index contributed by atoms with van der Waals surface area (Å²) in [5.41, 5.74) is 2.08. The van der Waals surface area contributed by atoms with Gasteiger partial charge in [0.25, 0.3) is 5.91 Å². The largest absolute Gasteiger partial charge is 0.497 e. The van der Waals surface area contributed by atoms with E-state index in [1.54, 1.807) is 18.9 Å². The maximum atomic E-state index is 13.1. The van der Waals surface area contributed by atoms with Crippen molar-refractivity contribution in [3.05, 3.63) is 58.1 Å². The summed E-state index contributed by atoms with van der Waals surface area (Å²) in [6, 6.07) is 12.7. The molecule has 2 aromatic rings. The van der Waals surface area contributed by atoms with Gasteiger partial charge in [0.05, 0.1) is 11.6 Å². The molecule has 32 heavy (non-hydrogen) atoms. The highest BCUT2D eigenvalue weighted by Crippen LogP contribution is 2.29. The van der Waals surface area contributed by atoms with Crippen LogP contribution in [-0.2, 0) is 16.1 Å². The van der Waals surface area contributed by atoms with Crippen LogP contribution in [0, 0.1) is 0 Å². The number of methoxy groups -OCH3 is 1. The quantitative estimate of drug-likeness (QED) is 0.472. The summed E-state index contributed by atoms with van der Waals surface area (Å²) in [5.74, 6) is 1.27. The third-order valence-corrected chi connectivity index (χ3v) is 5.82. The zero-order valence-corrected chi connectivity index (χ0v) is 21.1. The van der Waals surface area contributed by atoms with Gasteiger partial charge in [-0.05, 0) is 70.6 Å². The van der Waals surface area contributed by atoms with Gasteiger partial charge in [0, 0.05) is 13.1 Å². The van der Waals surface area contributed by atoms with Crippen LogP contribution in [0.5, 0.6) is 11.5 Å². The van der Waals surface area contributed by atoms with Gasteiger partial charge in [0.1, 0.15) is 17.5 Å². The van der Waals surface area contributed by atoms with Gasteiger partial charge in [-0.15, -0.1) is 0 Å². The Kier molecular flexibility index (Phi) is 10.0. The van der Waals surface area contributed by atoms with E-state index in [0.29, 0.717) is 24.8 Å².